The predicted octanol–water partition coefficient (Wildman–Crippen LogP) is 4.50. The van der Waals surface area contributed by atoms with Gasteiger partial charge in [0.1, 0.15) is 5.75 Å². The van der Waals surface area contributed by atoms with Crippen LogP contribution in [0, 0.1) is 5.92 Å². The molecule has 0 aliphatic heterocycles. The van der Waals surface area contributed by atoms with Crippen LogP contribution in [-0.2, 0) is 0 Å². The van der Waals surface area contributed by atoms with Gasteiger partial charge in [0.15, 0.2) is 0 Å². The van der Waals surface area contributed by atoms with Gasteiger partial charge in [-0.1, -0.05) is 39.0 Å². The minimum Gasteiger partial charge on any atom is -0.494 e. The van der Waals surface area contributed by atoms with Crippen molar-refractivity contribution >= 4 is 17.5 Å². The molecule has 27 heavy (non-hydrogen) atoms. The summed E-state index contributed by atoms with van der Waals surface area (Å²) in [6.45, 7) is 7.48. The second-order valence-corrected chi connectivity index (χ2v) is 6.81. The van der Waals surface area contributed by atoms with Crippen molar-refractivity contribution in [3.05, 3.63) is 59.7 Å². The largest absolute Gasteiger partial charge is 0.494 e. The minimum absolute atomic E-state index is 0.196. The molecule has 0 atom stereocenters. The topological polar surface area (TPSA) is 67.4 Å². The number of carbonyl (C=O) groups is 2. The summed E-state index contributed by atoms with van der Waals surface area (Å²) >= 11 is 0. The molecule has 0 saturated heterocycles. The summed E-state index contributed by atoms with van der Waals surface area (Å²) in [5, 5.41) is 5.66. The number of anilines is 1. The summed E-state index contributed by atoms with van der Waals surface area (Å²) < 4.78 is 5.72. The Morgan fingerprint density at radius 1 is 1.04 bits per heavy atom. The summed E-state index contributed by atoms with van der Waals surface area (Å²) in [6, 6.07) is 14.1. The van der Waals surface area contributed by atoms with Crippen LogP contribution in [0.3, 0.4) is 0 Å². The second kappa shape index (κ2) is 10.4. The van der Waals surface area contributed by atoms with Crippen LogP contribution in [0.15, 0.2) is 48.5 Å². The van der Waals surface area contributed by atoms with Crippen molar-refractivity contribution < 1.29 is 14.3 Å². The highest BCUT2D eigenvalue weighted by Gasteiger charge is 2.14. The maximum atomic E-state index is 12.6. The molecular weight excluding hydrogens is 340 g/mol. The summed E-state index contributed by atoms with van der Waals surface area (Å²) in [5.74, 6) is 0.752. The van der Waals surface area contributed by atoms with Gasteiger partial charge in [0.2, 0.25) is 0 Å². The number of hydrogen-bond acceptors (Lipinski definition) is 3. The summed E-state index contributed by atoms with van der Waals surface area (Å²) in [5.41, 5.74) is 1.42. The van der Waals surface area contributed by atoms with Crippen LogP contribution in [0.1, 0.15) is 54.3 Å². The number of amides is 2. The number of benzene rings is 2. The summed E-state index contributed by atoms with van der Waals surface area (Å²) in [4.78, 5) is 24.9. The standard InChI is InChI=1S/C22H28N2O3/c1-4-13-23-22(26)19-10-5-6-11-20(19)24-21(25)17-8-7-9-18(15-17)27-14-12-16(2)3/h5-11,15-16H,4,12-14H2,1-3H3,(H,23,26)(H,24,25). The fraction of sp³-hybridized carbons (Fsp3) is 0.364. The molecule has 0 saturated carbocycles. The van der Waals surface area contributed by atoms with Crippen LogP contribution in [0.4, 0.5) is 5.69 Å². The Hall–Kier alpha value is -2.82. The third kappa shape index (κ3) is 6.44. The van der Waals surface area contributed by atoms with Gasteiger partial charge in [0.05, 0.1) is 17.9 Å². The SMILES string of the molecule is CCCNC(=O)c1ccccc1NC(=O)c1cccc(OCCC(C)C)c1. The van der Waals surface area contributed by atoms with Crippen molar-refractivity contribution in [3.8, 4) is 5.75 Å². The zero-order chi connectivity index (χ0) is 19.6. The number of hydrogen-bond donors (Lipinski definition) is 2. The zero-order valence-electron chi connectivity index (χ0n) is 16.2. The van der Waals surface area contributed by atoms with Crippen LogP contribution in [0.5, 0.6) is 5.75 Å². The van der Waals surface area contributed by atoms with E-state index in [4.69, 9.17) is 4.74 Å². The van der Waals surface area contributed by atoms with Crippen LogP contribution < -0.4 is 15.4 Å². The third-order valence-corrected chi connectivity index (χ3v) is 4.02. The summed E-state index contributed by atoms with van der Waals surface area (Å²) in [6.07, 6.45) is 1.81. The maximum absolute atomic E-state index is 12.6. The number of rotatable bonds is 9. The molecule has 0 aromatic heterocycles. The Morgan fingerprint density at radius 3 is 2.56 bits per heavy atom. The van der Waals surface area contributed by atoms with E-state index in [1.807, 2.05) is 13.0 Å². The lowest BCUT2D eigenvalue weighted by Gasteiger charge is -2.12. The van der Waals surface area contributed by atoms with Crippen molar-refractivity contribution in [3.63, 3.8) is 0 Å². The average Bonchev–Trinajstić information content (AvgIpc) is 2.66. The molecule has 0 aliphatic rings. The molecule has 144 valence electrons. The smallest absolute Gasteiger partial charge is 0.255 e. The Bertz CT molecular complexity index is 772. The van der Waals surface area contributed by atoms with Gasteiger partial charge in [-0.15, -0.1) is 0 Å². The number of ether oxygens (including phenoxy) is 1. The van der Waals surface area contributed by atoms with Crippen LogP contribution >= 0.6 is 0 Å². The van der Waals surface area contributed by atoms with E-state index in [2.05, 4.69) is 24.5 Å². The van der Waals surface area contributed by atoms with Gasteiger partial charge in [-0.05, 0) is 49.1 Å². The first-order valence-corrected chi connectivity index (χ1v) is 9.42. The fourth-order valence-electron chi connectivity index (χ4n) is 2.46. The van der Waals surface area contributed by atoms with Gasteiger partial charge in [-0.3, -0.25) is 9.59 Å². The lowest BCUT2D eigenvalue weighted by Crippen LogP contribution is -2.25. The molecule has 0 fully saturated rings. The predicted molar refractivity (Wildman–Crippen MR) is 108 cm³/mol. The minimum atomic E-state index is -0.278. The van der Waals surface area contributed by atoms with E-state index in [1.165, 1.54) is 0 Å². The second-order valence-electron chi connectivity index (χ2n) is 6.81. The molecule has 0 radical (unpaired) electrons. The number of para-hydroxylation sites is 1. The molecule has 2 amide bonds. The van der Waals surface area contributed by atoms with Crippen molar-refractivity contribution in [2.75, 3.05) is 18.5 Å². The lowest BCUT2D eigenvalue weighted by atomic mass is 10.1. The molecule has 5 heteroatoms. The van der Waals surface area contributed by atoms with Crippen molar-refractivity contribution in [2.24, 2.45) is 5.92 Å². The molecular formula is C22H28N2O3. The van der Waals surface area contributed by atoms with Crippen LogP contribution in [-0.4, -0.2) is 25.0 Å². The highest BCUT2D eigenvalue weighted by Crippen LogP contribution is 2.19. The molecule has 2 aromatic carbocycles. The third-order valence-electron chi connectivity index (χ3n) is 4.02. The Morgan fingerprint density at radius 2 is 1.81 bits per heavy atom. The summed E-state index contributed by atoms with van der Waals surface area (Å²) in [7, 11) is 0. The number of carbonyl (C=O) groups excluding carboxylic acids is 2. The van der Waals surface area contributed by atoms with E-state index in [0.717, 1.165) is 12.8 Å². The van der Waals surface area contributed by atoms with Crippen LogP contribution in [0.25, 0.3) is 0 Å². The van der Waals surface area contributed by atoms with Crippen molar-refractivity contribution in [1.29, 1.82) is 0 Å². The van der Waals surface area contributed by atoms with E-state index in [-0.39, 0.29) is 11.8 Å². The molecule has 5 nitrogen and oxygen atoms in total. The molecule has 2 rings (SSSR count). The lowest BCUT2D eigenvalue weighted by molar-refractivity contribution is 0.0954. The van der Waals surface area contributed by atoms with Crippen molar-refractivity contribution in [2.45, 2.75) is 33.6 Å². The first-order valence-electron chi connectivity index (χ1n) is 9.42. The molecule has 0 spiro atoms. The molecule has 2 N–H and O–H groups in total. The highest BCUT2D eigenvalue weighted by atomic mass is 16.5. The van der Waals surface area contributed by atoms with Gasteiger partial charge in [-0.25, -0.2) is 0 Å². The van der Waals surface area contributed by atoms with E-state index in [0.29, 0.717) is 41.6 Å². The first kappa shape index (κ1) is 20.5. The fourth-order valence-corrected chi connectivity index (χ4v) is 2.46. The molecule has 0 aliphatic carbocycles. The first-order chi connectivity index (χ1) is 13.0. The Labute approximate surface area is 161 Å². The molecule has 0 bridgehead atoms. The molecule has 0 heterocycles. The van der Waals surface area contributed by atoms with Gasteiger partial charge >= 0.3 is 0 Å². The molecule has 0 unspecified atom stereocenters. The van der Waals surface area contributed by atoms with Gasteiger partial charge in [-0.2, -0.15) is 0 Å². The normalized spacial score (nSPS) is 10.5. The average molecular weight is 368 g/mol. The monoisotopic (exact) mass is 368 g/mol. The molecule has 2 aromatic rings. The van der Waals surface area contributed by atoms with E-state index < -0.39 is 0 Å². The quantitative estimate of drug-likeness (QED) is 0.685. The van der Waals surface area contributed by atoms with Gasteiger partial charge in [0.25, 0.3) is 11.8 Å². The van der Waals surface area contributed by atoms with E-state index in [1.54, 1.807) is 42.5 Å². The van der Waals surface area contributed by atoms with E-state index in [9.17, 15) is 9.59 Å². The number of nitrogens with one attached hydrogen (secondary N) is 2. The van der Waals surface area contributed by atoms with E-state index >= 15 is 0 Å². The highest BCUT2D eigenvalue weighted by molar-refractivity contribution is 6.09. The Kier molecular flexibility index (Phi) is 7.86. The van der Waals surface area contributed by atoms with Crippen molar-refractivity contribution in [1.82, 2.24) is 5.32 Å². The zero-order valence-corrected chi connectivity index (χ0v) is 16.2. The van der Waals surface area contributed by atoms with Gasteiger partial charge in [0, 0.05) is 12.1 Å². The Balaban J connectivity index is 2.08. The van der Waals surface area contributed by atoms with Gasteiger partial charge < -0.3 is 15.4 Å². The van der Waals surface area contributed by atoms with Crippen LogP contribution in [0.2, 0.25) is 0 Å². The maximum Gasteiger partial charge on any atom is 0.255 e.